The minimum absolute atomic E-state index is 0.220. The summed E-state index contributed by atoms with van der Waals surface area (Å²) in [7, 11) is 0. The normalized spacial score (nSPS) is 25.9. The fourth-order valence-corrected chi connectivity index (χ4v) is 3.63. The van der Waals surface area contributed by atoms with Crippen LogP contribution in [0.3, 0.4) is 0 Å². The molecule has 1 fully saturated rings. The number of hydrogen-bond acceptors (Lipinski definition) is 2. The summed E-state index contributed by atoms with van der Waals surface area (Å²) in [5.74, 6) is 1.72. The Balaban J connectivity index is 2.65. The average Bonchev–Trinajstić information content (AvgIpc) is 2.32. The SMILES string of the molecule is CCC(CC)(CNC(C)(C)C)CN1CC(C)CC(C)C1. The lowest BCUT2D eigenvalue weighted by Crippen LogP contribution is -2.51. The zero-order valence-corrected chi connectivity index (χ0v) is 15.1. The largest absolute Gasteiger partial charge is 0.311 e. The Bertz CT molecular complexity index is 266. The minimum atomic E-state index is 0.220. The molecule has 1 saturated heterocycles. The lowest BCUT2D eigenvalue weighted by atomic mass is 9.79. The van der Waals surface area contributed by atoms with E-state index in [1.54, 1.807) is 0 Å². The summed E-state index contributed by atoms with van der Waals surface area (Å²) >= 11 is 0. The first-order chi connectivity index (χ1) is 9.19. The molecule has 0 bridgehead atoms. The van der Waals surface area contributed by atoms with E-state index in [0.29, 0.717) is 5.41 Å². The standard InChI is InChI=1S/C18H38N2/c1-8-18(9-2,13-19-17(5,6)7)14-20-11-15(3)10-16(4)12-20/h15-16,19H,8-14H2,1-7H3. The van der Waals surface area contributed by atoms with Crippen LogP contribution in [0.4, 0.5) is 0 Å². The van der Waals surface area contributed by atoms with Gasteiger partial charge in [-0.2, -0.15) is 0 Å². The highest BCUT2D eigenvalue weighted by Gasteiger charge is 2.32. The topological polar surface area (TPSA) is 15.3 Å². The molecule has 2 atom stereocenters. The quantitative estimate of drug-likeness (QED) is 0.787. The van der Waals surface area contributed by atoms with Crippen LogP contribution in [0.1, 0.15) is 67.7 Å². The zero-order valence-electron chi connectivity index (χ0n) is 15.1. The van der Waals surface area contributed by atoms with Gasteiger partial charge >= 0.3 is 0 Å². The molecule has 0 spiro atoms. The van der Waals surface area contributed by atoms with Crippen molar-refractivity contribution in [2.24, 2.45) is 17.3 Å². The molecule has 2 nitrogen and oxygen atoms in total. The minimum Gasteiger partial charge on any atom is -0.311 e. The van der Waals surface area contributed by atoms with E-state index in [9.17, 15) is 0 Å². The molecule has 1 aliphatic rings. The van der Waals surface area contributed by atoms with Gasteiger partial charge in [-0.1, -0.05) is 27.7 Å². The smallest absolute Gasteiger partial charge is 0.00967 e. The Labute approximate surface area is 127 Å². The molecule has 2 heteroatoms. The number of piperidine rings is 1. The summed E-state index contributed by atoms with van der Waals surface area (Å²) in [5.41, 5.74) is 0.655. The van der Waals surface area contributed by atoms with Crippen LogP contribution in [0.15, 0.2) is 0 Å². The molecule has 0 aromatic heterocycles. The number of likely N-dealkylation sites (tertiary alicyclic amines) is 1. The molecular weight excluding hydrogens is 244 g/mol. The molecule has 2 unspecified atom stereocenters. The zero-order chi connectivity index (χ0) is 15.4. The van der Waals surface area contributed by atoms with Crippen LogP contribution in [-0.2, 0) is 0 Å². The van der Waals surface area contributed by atoms with E-state index in [-0.39, 0.29) is 5.54 Å². The van der Waals surface area contributed by atoms with Crippen molar-refractivity contribution in [3.8, 4) is 0 Å². The van der Waals surface area contributed by atoms with Crippen LogP contribution in [0.2, 0.25) is 0 Å². The molecule has 0 saturated carbocycles. The van der Waals surface area contributed by atoms with Gasteiger partial charge in [0.1, 0.15) is 0 Å². The molecule has 20 heavy (non-hydrogen) atoms. The summed E-state index contributed by atoms with van der Waals surface area (Å²) < 4.78 is 0. The van der Waals surface area contributed by atoms with E-state index in [1.807, 2.05) is 0 Å². The Kier molecular flexibility index (Phi) is 6.53. The van der Waals surface area contributed by atoms with Gasteiger partial charge in [-0.25, -0.2) is 0 Å². The predicted octanol–water partition coefficient (Wildman–Crippen LogP) is 4.16. The highest BCUT2D eigenvalue weighted by molar-refractivity contribution is 4.88. The summed E-state index contributed by atoms with van der Waals surface area (Å²) in [6, 6.07) is 0. The van der Waals surface area contributed by atoms with Crippen molar-refractivity contribution in [2.75, 3.05) is 26.2 Å². The van der Waals surface area contributed by atoms with E-state index < -0.39 is 0 Å². The average molecular weight is 283 g/mol. The van der Waals surface area contributed by atoms with E-state index >= 15 is 0 Å². The first kappa shape index (κ1) is 18.0. The maximum Gasteiger partial charge on any atom is 0.00967 e. The molecular formula is C18H38N2. The maximum atomic E-state index is 3.75. The summed E-state index contributed by atoms with van der Waals surface area (Å²) in [6.07, 6.45) is 3.94. The highest BCUT2D eigenvalue weighted by Crippen LogP contribution is 2.31. The third-order valence-electron chi connectivity index (χ3n) is 5.00. The van der Waals surface area contributed by atoms with Crippen LogP contribution in [0, 0.1) is 17.3 Å². The number of hydrogen-bond donors (Lipinski definition) is 1. The molecule has 1 aliphatic heterocycles. The van der Waals surface area contributed by atoms with Gasteiger partial charge in [-0.05, 0) is 57.3 Å². The number of nitrogens with one attached hydrogen (secondary N) is 1. The molecule has 1 N–H and O–H groups in total. The number of nitrogens with zero attached hydrogens (tertiary/aromatic N) is 1. The van der Waals surface area contributed by atoms with Gasteiger partial charge in [-0.3, -0.25) is 0 Å². The van der Waals surface area contributed by atoms with E-state index in [1.165, 1.54) is 38.9 Å². The van der Waals surface area contributed by atoms with Crippen molar-refractivity contribution in [1.29, 1.82) is 0 Å². The summed E-state index contributed by atoms with van der Waals surface area (Å²) in [6.45, 7) is 21.4. The van der Waals surface area contributed by atoms with Gasteiger partial charge in [-0.15, -0.1) is 0 Å². The summed E-state index contributed by atoms with van der Waals surface area (Å²) in [5, 5.41) is 3.75. The van der Waals surface area contributed by atoms with Gasteiger partial charge in [0.05, 0.1) is 0 Å². The maximum absolute atomic E-state index is 3.75. The van der Waals surface area contributed by atoms with E-state index in [4.69, 9.17) is 0 Å². The lowest BCUT2D eigenvalue weighted by Gasteiger charge is -2.43. The third-order valence-corrected chi connectivity index (χ3v) is 5.00. The summed E-state index contributed by atoms with van der Waals surface area (Å²) in [4.78, 5) is 2.73. The van der Waals surface area contributed by atoms with Gasteiger partial charge in [0.25, 0.3) is 0 Å². The molecule has 0 aromatic carbocycles. The van der Waals surface area contributed by atoms with Crippen molar-refractivity contribution in [2.45, 2.75) is 73.3 Å². The molecule has 0 aliphatic carbocycles. The molecule has 0 aromatic rings. The van der Waals surface area contributed by atoms with Crippen LogP contribution >= 0.6 is 0 Å². The van der Waals surface area contributed by atoms with Crippen LogP contribution in [0.25, 0.3) is 0 Å². The lowest BCUT2D eigenvalue weighted by molar-refractivity contribution is 0.0720. The fourth-order valence-electron chi connectivity index (χ4n) is 3.63. The molecule has 1 rings (SSSR count). The van der Waals surface area contributed by atoms with Crippen molar-refractivity contribution < 1.29 is 0 Å². The second-order valence-corrected chi connectivity index (χ2v) is 8.45. The monoisotopic (exact) mass is 282 g/mol. The molecule has 120 valence electrons. The number of rotatable bonds is 6. The predicted molar refractivity (Wildman–Crippen MR) is 90.2 cm³/mol. The van der Waals surface area contributed by atoms with Crippen LogP contribution in [-0.4, -0.2) is 36.6 Å². The van der Waals surface area contributed by atoms with Crippen molar-refractivity contribution >= 4 is 0 Å². The second kappa shape index (κ2) is 7.26. The Morgan fingerprint density at radius 3 is 1.90 bits per heavy atom. The van der Waals surface area contributed by atoms with Crippen molar-refractivity contribution in [3.63, 3.8) is 0 Å². The van der Waals surface area contributed by atoms with Gasteiger partial charge < -0.3 is 10.2 Å². The second-order valence-electron chi connectivity index (χ2n) is 8.45. The Morgan fingerprint density at radius 2 is 1.50 bits per heavy atom. The van der Waals surface area contributed by atoms with E-state index in [2.05, 4.69) is 58.7 Å². The van der Waals surface area contributed by atoms with Gasteiger partial charge in [0.2, 0.25) is 0 Å². The first-order valence-electron chi connectivity index (χ1n) is 8.67. The first-order valence-corrected chi connectivity index (χ1v) is 8.67. The fraction of sp³-hybridized carbons (Fsp3) is 1.00. The van der Waals surface area contributed by atoms with Gasteiger partial charge in [0.15, 0.2) is 0 Å². The highest BCUT2D eigenvalue weighted by atomic mass is 15.1. The van der Waals surface area contributed by atoms with E-state index in [0.717, 1.165) is 18.4 Å². The van der Waals surface area contributed by atoms with Crippen LogP contribution in [0.5, 0.6) is 0 Å². The molecule has 0 radical (unpaired) electrons. The third kappa shape index (κ3) is 5.73. The van der Waals surface area contributed by atoms with Crippen LogP contribution < -0.4 is 5.32 Å². The van der Waals surface area contributed by atoms with Crippen molar-refractivity contribution in [1.82, 2.24) is 10.2 Å². The molecule has 1 heterocycles. The Hall–Kier alpha value is -0.0800. The van der Waals surface area contributed by atoms with Crippen molar-refractivity contribution in [3.05, 3.63) is 0 Å². The van der Waals surface area contributed by atoms with Gasteiger partial charge in [0, 0.05) is 31.7 Å². The Morgan fingerprint density at radius 1 is 1.00 bits per heavy atom. The molecule has 0 amide bonds.